The van der Waals surface area contributed by atoms with Crippen LogP contribution in [0.3, 0.4) is 0 Å². The van der Waals surface area contributed by atoms with E-state index in [-0.39, 0.29) is 0 Å². The molecule has 0 bridgehead atoms. The molecule has 102 valence electrons. The first-order chi connectivity index (χ1) is 9.04. The summed E-state index contributed by atoms with van der Waals surface area (Å²) >= 11 is 7.06. The molecule has 1 aromatic heterocycles. The normalized spacial score (nSPS) is 10.7. The Morgan fingerprint density at radius 3 is 2.53 bits per heavy atom. The maximum Gasteiger partial charge on any atom is 0.152 e. The fraction of sp³-hybridized carbons (Fsp3) is 0.308. The zero-order chi connectivity index (χ0) is 14.0. The average molecular weight is 388 g/mol. The summed E-state index contributed by atoms with van der Waals surface area (Å²) in [5.41, 5.74) is 8.76. The molecular formula is C13H16Br2N4. The predicted octanol–water partition coefficient (Wildman–Crippen LogP) is 4.22. The molecule has 0 aliphatic rings. The molecule has 2 rings (SSSR count). The molecule has 0 saturated carbocycles. The lowest BCUT2D eigenvalue weighted by Crippen LogP contribution is -2.02. The van der Waals surface area contributed by atoms with Crippen molar-refractivity contribution in [2.24, 2.45) is 7.05 Å². The highest BCUT2D eigenvalue weighted by atomic mass is 79.9. The third-order valence-corrected chi connectivity index (χ3v) is 4.17. The number of nitrogens with one attached hydrogen (secondary N) is 1. The van der Waals surface area contributed by atoms with E-state index < -0.39 is 0 Å². The van der Waals surface area contributed by atoms with Gasteiger partial charge in [-0.2, -0.15) is 5.10 Å². The Labute approximate surface area is 129 Å². The SMILES string of the molecule is CCCc1nn(C)c(Nc2c(Br)cccc2Br)c1N. The summed E-state index contributed by atoms with van der Waals surface area (Å²) in [4.78, 5) is 0. The molecule has 0 amide bonds. The van der Waals surface area contributed by atoms with E-state index in [4.69, 9.17) is 5.73 Å². The monoisotopic (exact) mass is 386 g/mol. The highest BCUT2D eigenvalue weighted by molar-refractivity contribution is 9.11. The van der Waals surface area contributed by atoms with Gasteiger partial charge in [-0.3, -0.25) is 4.68 Å². The summed E-state index contributed by atoms with van der Waals surface area (Å²) in [5, 5.41) is 7.79. The van der Waals surface area contributed by atoms with Gasteiger partial charge in [0.2, 0.25) is 0 Å². The quantitative estimate of drug-likeness (QED) is 0.825. The number of para-hydroxylation sites is 1. The van der Waals surface area contributed by atoms with E-state index in [0.717, 1.165) is 39.0 Å². The molecule has 0 atom stereocenters. The summed E-state index contributed by atoms with van der Waals surface area (Å²) in [5.74, 6) is 0.816. The molecule has 3 N–H and O–H groups in total. The first-order valence-corrected chi connectivity index (χ1v) is 7.65. The van der Waals surface area contributed by atoms with Crippen LogP contribution < -0.4 is 11.1 Å². The van der Waals surface area contributed by atoms with Crippen molar-refractivity contribution in [3.8, 4) is 0 Å². The van der Waals surface area contributed by atoms with Crippen LogP contribution in [0, 0.1) is 0 Å². The van der Waals surface area contributed by atoms with Gasteiger partial charge in [-0.05, 0) is 50.4 Å². The van der Waals surface area contributed by atoms with Crippen LogP contribution in [0.5, 0.6) is 0 Å². The lowest BCUT2D eigenvalue weighted by Gasteiger charge is -2.11. The number of nitrogens with zero attached hydrogens (tertiary/aromatic N) is 2. The van der Waals surface area contributed by atoms with Crippen LogP contribution >= 0.6 is 31.9 Å². The fourth-order valence-corrected chi connectivity index (χ4v) is 3.10. The summed E-state index contributed by atoms with van der Waals surface area (Å²) in [6, 6.07) is 5.92. The zero-order valence-electron chi connectivity index (χ0n) is 10.9. The van der Waals surface area contributed by atoms with Gasteiger partial charge in [0.15, 0.2) is 5.82 Å². The van der Waals surface area contributed by atoms with E-state index in [2.05, 4.69) is 49.2 Å². The van der Waals surface area contributed by atoms with Gasteiger partial charge in [0.1, 0.15) is 0 Å². The lowest BCUT2D eigenvalue weighted by atomic mass is 10.2. The second kappa shape index (κ2) is 5.96. The molecule has 0 aliphatic heterocycles. The number of nitrogen functional groups attached to an aromatic ring is 1. The van der Waals surface area contributed by atoms with E-state index in [1.165, 1.54) is 0 Å². The van der Waals surface area contributed by atoms with E-state index in [1.54, 1.807) is 4.68 Å². The highest BCUT2D eigenvalue weighted by Gasteiger charge is 2.14. The first kappa shape index (κ1) is 14.4. The Morgan fingerprint density at radius 2 is 1.95 bits per heavy atom. The number of hydrogen-bond acceptors (Lipinski definition) is 3. The van der Waals surface area contributed by atoms with Crippen molar-refractivity contribution in [2.45, 2.75) is 19.8 Å². The molecule has 0 aliphatic carbocycles. The molecule has 0 unspecified atom stereocenters. The molecule has 0 saturated heterocycles. The lowest BCUT2D eigenvalue weighted by molar-refractivity contribution is 0.740. The smallest absolute Gasteiger partial charge is 0.152 e. The first-order valence-electron chi connectivity index (χ1n) is 6.07. The standard InChI is InChI=1S/C13H16Br2N4/c1-3-5-10-11(16)13(19(2)18-10)17-12-8(14)6-4-7-9(12)15/h4,6-7,17H,3,5,16H2,1-2H3. The number of nitrogens with two attached hydrogens (primary N) is 1. The van der Waals surface area contributed by atoms with Gasteiger partial charge in [0.05, 0.1) is 17.1 Å². The molecule has 1 heterocycles. The Bertz CT molecular complexity index is 572. The van der Waals surface area contributed by atoms with Crippen LogP contribution in [-0.2, 0) is 13.5 Å². The van der Waals surface area contributed by atoms with Gasteiger partial charge in [0.25, 0.3) is 0 Å². The van der Waals surface area contributed by atoms with Crippen molar-refractivity contribution < 1.29 is 0 Å². The molecule has 1 aromatic carbocycles. The molecule has 19 heavy (non-hydrogen) atoms. The summed E-state index contributed by atoms with van der Waals surface area (Å²) < 4.78 is 3.73. The average Bonchev–Trinajstić information content (AvgIpc) is 2.61. The van der Waals surface area contributed by atoms with Gasteiger partial charge in [-0.1, -0.05) is 19.4 Å². The van der Waals surface area contributed by atoms with Gasteiger partial charge >= 0.3 is 0 Å². The minimum Gasteiger partial charge on any atom is -0.394 e. The molecule has 6 heteroatoms. The van der Waals surface area contributed by atoms with Crippen LogP contribution in [0.15, 0.2) is 27.1 Å². The van der Waals surface area contributed by atoms with E-state index in [1.807, 2.05) is 25.2 Å². The van der Waals surface area contributed by atoms with E-state index >= 15 is 0 Å². The second-order valence-electron chi connectivity index (χ2n) is 4.30. The third-order valence-electron chi connectivity index (χ3n) is 2.85. The number of aromatic nitrogens is 2. The number of halogens is 2. The molecule has 0 spiro atoms. The zero-order valence-corrected chi connectivity index (χ0v) is 14.0. The summed E-state index contributed by atoms with van der Waals surface area (Å²) in [7, 11) is 1.89. The van der Waals surface area contributed by atoms with Crippen LogP contribution in [0.4, 0.5) is 17.2 Å². The summed E-state index contributed by atoms with van der Waals surface area (Å²) in [6.45, 7) is 2.12. The molecule has 0 radical (unpaired) electrons. The fourth-order valence-electron chi connectivity index (χ4n) is 1.90. The number of anilines is 3. The van der Waals surface area contributed by atoms with Crippen LogP contribution in [0.1, 0.15) is 19.0 Å². The highest BCUT2D eigenvalue weighted by Crippen LogP contribution is 2.35. The molecule has 0 fully saturated rings. The van der Waals surface area contributed by atoms with Crippen molar-refractivity contribution in [1.82, 2.24) is 9.78 Å². The van der Waals surface area contributed by atoms with Crippen LogP contribution in [0.25, 0.3) is 0 Å². The van der Waals surface area contributed by atoms with Crippen molar-refractivity contribution in [2.75, 3.05) is 11.1 Å². The predicted molar refractivity (Wildman–Crippen MR) is 86.7 cm³/mol. The van der Waals surface area contributed by atoms with E-state index in [9.17, 15) is 0 Å². The van der Waals surface area contributed by atoms with Crippen molar-refractivity contribution >= 4 is 49.1 Å². The second-order valence-corrected chi connectivity index (χ2v) is 6.01. The Kier molecular flexibility index (Phi) is 4.52. The number of hydrogen-bond donors (Lipinski definition) is 2. The molecule has 2 aromatic rings. The van der Waals surface area contributed by atoms with Gasteiger partial charge < -0.3 is 11.1 Å². The topological polar surface area (TPSA) is 55.9 Å². The van der Waals surface area contributed by atoms with Crippen molar-refractivity contribution in [1.29, 1.82) is 0 Å². The number of rotatable bonds is 4. The van der Waals surface area contributed by atoms with Crippen molar-refractivity contribution in [3.05, 3.63) is 32.8 Å². The molecule has 4 nitrogen and oxygen atoms in total. The van der Waals surface area contributed by atoms with Crippen LogP contribution in [-0.4, -0.2) is 9.78 Å². The van der Waals surface area contributed by atoms with Gasteiger partial charge in [-0.15, -0.1) is 0 Å². The van der Waals surface area contributed by atoms with E-state index in [0.29, 0.717) is 5.69 Å². The Hall–Kier alpha value is -1.01. The number of aryl methyl sites for hydroxylation is 2. The van der Waals surface area contributed by atoms with Gasteiger partial charge in [-0.25, -0.2) is 0 Å². The maximum absolute atomic E-state index is 6.16. The Morgan fingerprint density at radius 1 is 1.32 bits per heavy atom. The number of benzene rings is 1. The largest absolute Gasteiger partial charge is 0.394 e. The third kappa shape index (κ3) is 2.95. The van der Waals surface area contributed by atoms with Crippen LogP contribution in [0.2, 0.25) is 0 Å². The summed E-state index contributed by atoms with van der Waals surface area (Å²) in [6.07, 6.45) is 1.91. The van der Waals surface area contributed by atoms with Crippen molar-refractivity contribution in [3.63, 3.8) is 0 Å². The minimum atomic E-state index is 0.715. The maximum atomic E-state index is 6.16. The Balaban J connectivity index is 2.38. The van der Waals surface area contributed by atoms with Gasteiger partial charge in [0, 0.05) is 16.0 Å². The minimum absolute atomic E-state index is 0.715. The molecular weight excluding hydrogens is 372 g/mol.